The molecule has 0 unspecified atom stereocenters. The summed E-state index contributed by atoms with van der Waals surface area (Å²) in [5, 5.41) is 1.55. The molecule has 18 heavy (non-hydrogen) atoms. The molecule has 2 rings (SSSR count). The molecule has 1 aliphatic heterocycles. The molecule has 2 nitrogen and oxygen atoms in total. The molecule has 1 saturated heterocycles. The van der Waals surface area contributed by atoms with Gasteiger partial charge in [0, 0.05) is 29.8 Å². The first-order valence-corrected chi connectivity index (χ1v) is 6.71. The number of benzene rings is 1. The van der Waals surface area contributed by atoms with Crippen molar-refractivity contribution >= 4 is 47.2 Å². The molecule has 2 N–H and O–H groups in total. The lowest BCUT2D eigenvalue weighted by Crippen LogP contribution is -2.28. The third kappa shape index (κ3) is 3.44. The molecule has 0 bridgehead atoms. The lowest BCUT2D eigenvalue weighted by Gasteiger charge is -2.29. The van der Waals surface area contributed by atoms with E-state index in [4.69, 9.17) is 45.3 Å². The van der Waals surface area contributed by atoms with E-state index >= 15 is 0 Å². The Hall–Kier alpha value is 0.300. The van der Waals surface area contributed by atoms with Crippen LogP contribution in [0, 0.1) is 5.92 Å². The second-order valence-corrected chi connectivity index (χ2v) is 5.42. The van der Waals surface area contributed by atoms with Crippen molar-refractivity contribution in [1.29, 1.82) is 0 Å². The standard InChI is InChI=1S/C12H14Cl3NO.ClH/c13-8-1-2-9(14)11(15)10(8)12(16)7-3-5-17-6-4-7;/h1-2,7,12H,3-6,16H2;1H/t12-;/m0./s1. The highest BCUT2D eigenvalue weighted by atomic mass is 35.5. The van der Waals surface area contributed by atoms with E-state index in [1.54, 1.807) is 12.1 Å². The number of hydrogen-bond donors (Lipinski definition) is 1. The van der Waals surface area contributed by atoms with Crippen molar-refractivity contribution in [2.75, 3.05) is 13.2 Å². The minimum Gasteiger partial charge on any atom is -0.381 e. The van der Waals surface area contributed by atoms with Crippen LogP contribution in [0.2, 0.25) is 15.1 Å². The average Bonchev–Trinajstić information content (AvgIpc) is 2.35. The van der Waals surface area contributed by atoms with Gasteiger partial charge in [0.1, 0.15) is 0 Å². The molecule has 0 spiro atoms. The van der Waals surface area contributed by atoms with Crippen molar-refractivity contribution in [1.82, 2.24) is 0 Å². The molecule has 0 amide bonds. The first kappa shape index (κ1) is 16.4. The van der Waals surface area contributed by atoms with Gasteiger partial charge in [-0.05, 0) is 30.9 Å². The predicted octanol–water partition coefficient (Wildman–Crippen LogP) is 4.50. The second-order valence-electron chi connectivity index (χ2n) is 4.23. The molecule has 0 aliphatic carbocycles. The fourth-order valence-corrected chi connectivity index (χ4v) is 2.95. The maximum absolute atomic E-state index is 6.26. The second kappa shape index (κ2) is 7.18. The highest BCUT2D eigenvalue weighted by Gasteiger charge is 2.26. The van der Waals surface area contributed by atoms with Crippen LogP contribution in [0.1, 0.15) is 24.4 Å². The molecular formula is C12H15Cl4NO. The van der Waals surface area contributed by atoms with Crippen molar-refractivity contribution < 1.29 is 4.74 Å². The third-order valence-electron chi connectivity index (χ3n) is 3.19. The molecule has 1 fully saturated rings. The number of ether oxygens (including phenoxy) is 1. The molecule has 1 heterocycles. The summed E-state index contributed by atoms with van der Waals surface area (Å²) in [6, 6.07) is 3.24. The molecule has 1 atom stereocenters. The summed E-state index contributed by atoms with van der Waals surface area (Å²) in [4.78, 5) is 0. The van der Waals surface area contributed by atoms with Crippen LogP contribution in [0.15, 0.2) is 12.1 Å². The number of hydrogen-bond acceptors (Lipinski definition) is 2. The van der Waals surface area contributed by atoms with Gasteiger partial charge >= 0.3 is 0 Å². The van der Waals surface area contributed by atoms with Crippen molar-refractivity contribution in [2.45, 2.75) is 18.9 Å². The smallest absolute Gasteiger partial charge is 0.0655 e. The fraction of sp³-hybridized carbons (Fsp3) is 0.500. The van der Waals surface area contributed by atoms with Crippen molar-refractivity contribution in [2.24, 2.45) is 11.7 Å². The summed E-state index contributed by atoms with van der Waals surface area (Å²) in [5.41, 5.74) is 7.01. The van der Waals surface area contributed by atoms with E-state index in [0.29, 0.717) is 21.0 Å². The Kier molecular flexibility index (Phi) is 6.52. The summed E-state index contributed by atoms with van der Waals surface area (Å²) in [6.07, 6.45) is 1.86. The summed E-state index contributed by atoms with van der Waals surface area (Å²) in [5.74, 6) is 0.345. The van der Waals surface area contributed by atoms with Gasteiger partial charge in [0.2, 0.25) is 0 Å². The van der Waals surface area contributed by atoms with E-state index in [0.717, 1.165) is 31.6 Å². The van der Waals surface area contributed by atoms with Gasteiger partial charge in [0.05, 0.1) is 10.0 Å². The topological polar surface area (TPSA) is 35.2 Å². The average molecular weight is 331 g/mol. The summed E-state index contributed by atoms with van der Waals surface area (Å²) in [6.45, 7) is 1.49. The van der Waals surface area contributed by atoms with Gasteiger partial charge in [-0.3, -0.25) is 0 Å². The van der Waals surface area contributed by atoms with Crippen LogP contribution >= 0.6 is 47.2 Å². The van der Waals surface area contributed by atoms with Gasteiger partial charge in [0.15, 0.2) is 0 Å². The van der Waals surface area contributed by atoms with Gasteiger partial charge in [-0.2, -0.15) is 0 Å². The highest BCUT2D eigenvalue weighted by molar-refractivity contribution is 6.44. The fourth-order valence-electron chi connectivity index (χ4n) is 2.16. The third-order valence-corrected chi connectivity index (χ3v) is 4.34. The Labute approximate surface area is 128 Å². The quantitative estimate of drug-likeness (QED) is 0.810. The van der Waals surface area contributed by atoms with Crippen LogP contribution in [0.5, 0.6) is 0 Å². The maximum atomic E-state index is 6.26. The number of nitrogens with two attached hydrogens (primary N) is 1. The minimum atomic E-state index is -0.183. The number of halogens is 4. The molecule has 1 aromatic carbocycles. The Morgan fingerprint density at radius 1 is 1.11 bits per heavy atom. The maximum Gasteiger partial charge on any atom is 0.0655 e. The summed E-state index contributed by atoms with van der Waals surface area (Å²) >= 11 is 18.3. The lowest BCUT2D eigenvalue weighted by atomic mass is 9.88. The van der Waals surface area contributed by atoms with E-state index in [2.05, 4.69) is 0 Å². The molecular weight excluding hydrogens is 316 g/mol. The van der Waals surface area contributed by atoms with Crippen LogP contribution in [0.4, 0.5) is 0 Å². The normalized spacial score (nSPS) is 18.2. The molecule has 102 valence electrons. The van der Waals surface area contributed by atoms with E-state index in [1.165, 1.54) is 0 Å². The van der Waals surface area contributed by atoms with Crippen molar-refractivity contribution in [3.05, 3.63) is 32.8 Å². The molecule has 0 radical (unpaired) electrons. The monoisotopic (exact) mass is 329 g/mol. The van der Waals surface area contributed by atoms with Crippen molar-refractivity contribution in [3.8, 4) is 0 Å². The van der Waals surface area contributed by atoms with Crippen molar-refractivity contribution in [3.63, 3.8) is 0 Å². The lowest BCUT2D eigenvalue weighted by molar-refractivity contribution is 0.0584. The molecule has 0 saturated carbocycles. The van der Waals surface area contributed by atoms with E-state index in [9.17, 15) is 0 Å². The molecule has 0 aromatic heterocycles. The zero-order valence-electron chi connectivity index (χ0n) is 9.67. The highest BCUT2D eigenvalue weighted by Crippen LogP contribution is 2.39. The van der Waals surface area contributed by atoms with Crippen LogP contribution in [0.25, 0.3) is 0 Å². The van der Waals surface area contributed by atoms with Gasteiger partial charge < -0.3 is 10.5 Å². The van der Waals surface area contributed by atoms with Crippen LogP contribution in [0.3, 0.4) is 0 Å². The molecule has 1 aliphatic rings. The van der Waals surface area contributed by atoms with Crippen LogP contribution in [-0.2, 0) is 4.74 Å². The van der Waals surface area contributed by atoms with E-state index in [1.807, 2.05) is 0 Å². The van der Waals surface area contributed by atoms with Gasteiger partial charge in [-0.15, -0.1) is 12.4 Å². The first-order chi connectivity index (χ1) is 8.11. The summed E-state index contributed by atoms with van der Waals surface area (Å²) in [7, 11) is 0. The molecule has 6 heteroatoms. The largest absolute Gasteiger partial charge is 0.381 e. The SMILES string of the molecule is Cl.N[C@H](c1c(Cl)ccc(Cl)c1Cl)C1CCOCC1. The zero-order valence-corrected chi connectivity index (χ0v) is 12.7. The Bertz CT molecular complexity index is 407. The predicted molar refractivity (Wildman–Crippen MR) is 79.2 cm³/mol. The number of rotatable bonds is 2. The zero-order chi connectivity index (χ0) is 12.4. The summed E-state index contributed by atoms with van der Waals surface area (Å²) < 4.78 is 5.32. The molecule has 1 aromatic rings. The van der Waals surface area contributed by atoms with Gasteiger partial charge in [-0.1, -0.05) is 34.8 Å². The van der Waals surface area contributed by atoms with Gasteiger partial charge in [0.25, 0.3) is 0 Å². The van der Waals surface area contributed by atoms with Gasteiger partial charge in [-0.25, -0.2) is 0 Å². The first-order valence-electron chi connectivity index (χ1n) is 5.58. The minimum absolute atomic E-state index is 0. The van der Waals surface area contributed by atoms with E-state index in [-0.39, 0.29) is 18.4 Å². The Balaban J connectivity index is 0.00000162. The Morgan fingerprint density at radius 2 is 1.67 bits per heavy atom. The van der Waals surface area contributed by atoms with E-state index < -0.39 is 0 Å². The van der Waals surface area contributed by atoms with Crippen LogP contribution < -0.4 is 5.73 Å². The Morgan fingerprint density at radius 3 is 2.28 bits per heavy atom. The van der Waals surface area contributed by atoms with Crippen LogP contribution in [-0.4, -0.2) is 13.2 Å².